The Morgan fingerprint density at radius 1 is 1.07 bits per heavy atom. The summed E-state index contributed by atoms with van der Waals surface area (Å²) in [5.41, 5.74) is 9.29. The summed E-state index contributed by atoms with van der Waals surface area (Å²) in [6.07, 6.45) is 0. The molecule has 8 heteroatoms. The van der Waals surface area contributed by atoms with Gasteiger partial charge in [0.25, 0.3) is 5.91 Å². The Morgan fingerprint density at radius 3 is 2.53 bits per heavy atom. The number of fused-ring (bicyclic) bond motifs is 1. The van der Waals surface area contributed by atoms with Gasteiger partial charge in [0.15, 0.2) is 5.82 Å². The van der Waals surface area contributed by atoms with Gasteiger partial charge in [-0.3, -0.25) is 9.59 Å². The molecule has 2 heterocycles. The van der Waals surface area contributed by atoms with E-state index in [0.717, 1.165) is 5.56 Å². The van der Waals surface area contributed by atoms with Crippen LogP contribution in [0.1, 0.15) is 37.7 Å². The molecule has 0 fully saturated rings. The van der Waals surface area contributed by atoms with Gasteiger partial charge in [0.1, 0.15) is 5.69 Å². The van der Waals surface area contributed by atoms with Crippen molar-refractivity contribution in [2.24, 2.45) is 5.73 Å². The maximum absolute atomic E-state index is 12.8. The zero-order valence-corrected chi connectivity index (χ0v) is 16.6. The minimum atomic E-state index is -0.622. The molecule has 0 bridgehead atoms. The summed E-state index contributed by atoms with van der Waals surface area (Å²) in [6, 6.07) is 16.5. The number of benzene rings is 2. The van der Waals surface area contributed by atoms with Crippen LogP contribution in [0.3, 0.4) is 0 Å². The molecule has 2 amide bonds. The molecule has 3 N–H and O–H groups in total. The van der Waals surface area contributed by atoms with Crippen molar-refractivity contribution in [1.29, 1.82) is 0 Å². The number of nitrogens with one attached hydrogen (secondary N) is 1. The lowest BCUT2D eigenvalue weighted by atomic mass is 10.1. The van der Waals surface area contributed by atoms with Gasteiger partial charge in [-0.15, -0.1) is 5.10 Å². The van der Waals surface area contributed by atoms with E-state index in [1.54, 1.807) is 28.9 Å². The average molecular weight is 400 g/mol. The predicted molar refractivity (Wildman–Crippen MR) is 113 cm³/mol. The van der Waals surface area contributed by atoms with Crippen molar-refractivity contribution >= 4 is 28.5 Å². The fourth-order valence-corrected chi connectivity index (χ4v) is 3.16. The minimum absolute atomic E-state index is 0.0787. The minimum Gasteiger partial charge on any atom is -0.366 e. The van der Waals surface area contributed by atoms with Crippen LogP contribution in [0, 0.1) is 13.8 Å². The molecule has 0 saturated carbocycles. The molecular weight excluding hydrogens is 380 g/mol. The Morgan fingerprint density at radius 2 is 1.80 bits per heavy atom. The first-order chi connectivity index (χ1) is 14.4. The van der Waals surface area contributed by atoms with Crippen LogP contribution in [0.25, 0.3) is 10.9 Å². The summed E-state index contributed by atoms with van der Waals surface area (Å²) in [6.45, 7) is 4.39. The number of nitrogens with two attached hydrogens (primary N) is 1. The van der Waals surface area contributed by atoms with Crippen molar-refractivity contribution in [1.82, 2.24) is 20.0 Å². The highest BCUT2D eigenvalue weighted by Gasteiger charge is 2.18. The fourth-order valence-electron chi connectivity index (χ4n) is 3.16. The first-order valence-corrected chi connectivity index (χ1v) is 9.39. The summed E-state index contributed by atoms with van der Waals surface area (Å²) < 4.78 is 1.71. The molecule has 30 heavy (non-hydrogen) atoms. The standard InChI is InChI=1S/C22H20N6O2/c1-13-7-9-15(10-8-13)12-28-14(2)21(26-27-28)25-22(30)19-11-17(20(23)29)16-5-3-4-6-18(16)24-19/h3-11H,12H2,1-2H3,(H2,23,29)(H,25,30). The molecular formula is C22H20N6O2. The second-order valence-electron chi connectivity index (χ2n) is 7.06. The maximum atomic E-state index is 12.8. The van der Waals surface area contributed by atoms with Crippen molar-refractivity contribution in [3.05, 3.63) is 82.7 Å². The third-order valence-corrected chi connectivity index (χ3v) is 4.88. The van der Waals surface area contributed by atoms with Gasteiger partial charge in [0, 0.05) is 5.39 Å². The molecule has 0 aliphatic carbocycles. The number of primary amides is 1. The van der Waals surface area contributed by atoms with E-state index in [4.69, 9.17) is 5.73 Å². The average Bonchev–Trinajstić information content (AvgIpc) is 3.08. The number of hydrogen-bond acceptors (Lipinski definition) is 5. The molecule has 150 valence electrons. The van der Waals surface area contributed by atoms with E-state index in [1.807, 2.05) is 38.1 Å². The monoisotopic (exact) mass is 400 g/mol. The smallest absolute Gasteiger partial charge is 0.275 e. The maximum Gasteiger partial charge on any atom is 0.275 e. The summed E-state index contributed by atoms with van der Waals surface area (Å²) in [4.78, 5) is 29.0. The lowest BCUT2D eigenvalue weighted by molar-refractivity contribution is 0.100. The number of carbonyl (C=O) groups is 2. The fraction of sp³-hybridized carbons (Fsp3) is 0.136. The van der Waals surface area contributed by atoms with Crippen LogP contribution in [0.2, 0.25) is 0 Å². The molecule has 0 saturated heterocycles. The normalized spacial score (nSPS) is 10.9. The molecule has 0 atom stereocenters. The van der Waals surface area contributed by atoms with E-state index in [1.165, 1.54) is 11.6 Å². The molecule has 0 aliphatic heterocycles. The van der Waals surface area contributed by atoms with Crippen LogP contribution < -0.4 is 11.1 Å². The van der Waals surface area contributed by atoms with E-state index in [9.17, 15) is 9.59 Å². The first-order valence-electron chi connectivity index (χ1n) is 9.39. The number of amides is 2. The molecule has 8 nitrogen and oxygen atoms in total. The molecule has 4 rings (SSSR count). The summed E-state index contributed by atoms with van der Waals surface area (Å²) in [7, 11) is 0. The summed E-state index contributed by atoms with van der Waals surface area (Å²) >= 11 is 0. The van der Waals surface area contributed by atoms with Crippen molar-refractivity contribution < 1.29 is 9.59 Å². The lowest BCUT2D eigenvalue weighted by Gasteiger charge is -2.08. The van der Waals surface area contributed by atoms with Gasteiger partial charge in [-0.1, -0.05) is 53.2 Å². The first kappa shape index (κ1) is 19.3. The highest BCUT2D eigenvalue weighted by atomic mass is 16.2. The Hall–Kier alpha value is -4.07. The van der Waals surface area contributed by atoms with Crippen LogP contribution in [-0.4, -0.2) is 31.8 Å². The highest BCUT2D eigenvalue weighted by molar-refractivity contribution is 6.10. The van der Waals surface area contributed by atoms with Gasteiger partial charge < -0.3 is 11.1 Å². The van der Waals surface area contributed by atoms with E-state index < -0.39 is 11.8 Å². The summed E-state index contributed by atoms with van der Waals surface area (Å²) in [5, 5.41) is 11.5. The van der Waals surface area contributed by atoms with E-state index >= 15 is 0 Å². The SMILES string of the molecule is Cc1ccc(Cn2nnc(NC(=O)c3cc(C(N)=O)c4ccccc4n3)c2C)cc1. The van der Waals surface area contributed by atoms with Crippen molar-refractivity contribution in [2.45, 2.75) is 20.4 Å². The number of para-hydroxylation sites is 1. The van der Waals surface area contributed by atoms with Crippen molar-refractivity contribution in [2.75, 3.05) is 5.32 Å². The number of hydrogen-bond donors (Lipinski definition) is 2. The molecule has 2 aromatic heterocycles. The van der Waals surface area contributed by atoms with E-state index in [0.29, 0.717) is 29.0 Å². The number of rotatable bonds is 5. The van der Waals surface area contributed by atoms with Crippen molar-refractivity contribution in [3.8, 4) is 0 Å². The van der Waals surface area contributed by atoms with Crippen LogP contribution in [0.5, 0.6) is 0 Å². The second kappa shape index (κ2) is 7.75. The third kappa shape index (κ3) is 3.75. The molecule has 0 spiro atoms. The molecule has 4 aromatic rings. The van der Waals surface area contributed by atoms with Gasteiger partial charge in [-0.2, -0.15) is 0 Å². The zero-order chi connectivity index (χ0) is 21.3. The molecule has 0 radical (unpaired) electrons. The Bertz CT molecular complexity index is 1260. The second-order valence-corrected chi connectivity index (χ2v) is 7.06. The Labute approximate surface area is 172 Å². The number of pyridine rings is 1. The topological polar surface area (TPSA) is 116 Å². The molecule has 0 unspecified atom stereocenters. The van der Waals surface area contributed by atoms with E-state index in [-0.39, 0.29) is 11.3 Å². The number of aromatic nitrogens is 4. The molecule has 2 aromatic carbocycles. The number of aryl methyl sites for hydroxylation is 1. The highest BCUT2D eigenvalue weighted by Crippen LogP contribution is 2.19. The number of nitrogens with zero attached hydrogens (tertiary/aromatic N) is 4. The summed E-state index contributed by atoms with van der Waals surface area (Å²) in [5.74, 6) is -0.778. The van der Waals surface area contributed by atoms with Crippen LogP contribution >= 0.6 is 0 Å². The van der Waals surface area contributed by atoms with Gasteiger partial charge >= 0.3 is 0 Å². The Kier molecular flexibility index (Phi) is 4.97. The van der Waals surface area contributed by atoms with Crippen molar-refractivity contribution in [3.63, 3.8) is 0 Å². The van der Waals surface area contributed by atoms with E-state index in [2.05, 4.69) is 20.6 Å². The number of carbonyl (C=O) groups excluding carboxylic acids is 2. The van der Waals surface area contributed by atoms with Crippen LogP contribution in [0.4, 0.5) is 5.82 Å². The van der Waals surface area contributed by atoms with Crippen LogP contribution in [-0.2, 0) is 6.54 Å². The van der Waals surface area contributed by atoms with Gasteiger partial charge in [0.05, 0.1) is 23.3 Å². The van der Waals surface area contributed by atoms with Gasteiger partial charge in [0.2, 0.25) is 5.91 Å². The quantitative estimate of drug-likeness (QED) is 0.534. The lowest BCUT2D eigenvalue weighted by Crippen LogP contribution is -2.18. The number of anilines is 1. The third-order valence-electron chi connectivity index (χ3n) is 4.88. The van der Waals surface area contributed by atoms with Gasteiger partial charge in [-0.25, -0.2) is 9.67 Å². The Balaban J connectivity index is 1.59. The largest absolute Gasteiger partial charge is 0.366 e. The molecule has 0 aliphatic rings. The van der Waals surface area contributed by atoms with Gasteiger partial charge in [-0.05, 0) is 31.5 Å². The van der Waals surface area contributed by atoms with Crippen LogP contribution in [0.15, 0.2) is 54.6 Å². The predicted octanol–water partition coefficient (Wildman–Crippen LogP) is 2.84. The zero-order valence-electron chi connectivity index (χ0n) is 16.6.